The Bertz CT molecular complexity index is 1150. The lowest BCUT2D eigenvalue weighted by Gasteiger charge is -2.36. The van der Waals surface area contributed by atoms with E-state index >= 15 is 0 Å². The Hall–Kier alpha value is -3.13. The Kier molecular flexibility index (Phi) is 5.34. The van der Waals surface area contributed by atoms with Gasteiger partial charge in [0.15, 0.2) is 0 Å². The van der Waals surface area contributed by atoms with Crippen LogP contribution < -0.4 is 15.5 Å². The summed E-state index contributed by atoms with van der Waals surface area (Å²) in [6.07, 6.45) is 1.32. The number of hydrogen-bond acceptors (Lipinski definition) is 7. The second kappa shape index (κ2) is 7.95. The summed E-state index contributed by atoms with van der Waals surface area (Å²) in [5.74, 6) is 0.431. The van der Waals surface area contributed by atoms with Gasteiger partial charge in [-0.3, -0.25) is 0 Å². The van der Waals surface area contributed by atoms with Gasteiger partial charge < -0.3 is 15.5 Å². The molecule has 2 heterocycles. The Morgan fingerprint density at radius 1 is 0.900 bits per heavy atom. The molecule has 0 spiro atoms. The predicted octanol–water partition coefficient (Wildman–Crippen LogP) is 2.84. The lowest BCUT2D eigenvalue weighted by atomic mass is 10.2. The number of aromatic nitrogens is 2. The molecule has 1 saturated heterocycles. The van der Waals surface area contributed by atoms with Crippen LogP contribution in [0.5, 0.6) is 0 Å². The standard InChI is InChI=1S/C22H25N5O2S/c1-16-6-8-19(9-7-16)30(28,29)20-15-24-22(25-21(20)23)27-12-10-26(11-13-27)18-5-3-4-17(2)14-18/h3-9,14-15H,10-13H2,1-2H3,(H2,23,24,25). The van der Waals surface area contributed by atoms with E-state index in [-0.39, 0.29) is 15.6 Å². The van der Waals surface area contributed by atoms with Crippen LogP contribution in [0.1, 0.15) is 11.1 Å². The summed E-state index contributed by atoms with van der Waals surface area (Å²) in [5.41, 5.74) is 9.47. The van der Waals surface area contributed by atoms with E-state index in [1.54, 1.807) is 24.3 Å². The zero-order valence-corrected chi connectivity index (χ0v) is 17.9. The molecular weight excluding hydrogens is 398 g/mol. The number of piperazine rings is 1. The van der Waals surface area contributed by atoms with Gasteiger partial charge in [0.25, 0.3) is 0 Å². The molecule has 7 nitrogen and oxygen atoms in total. The normalized spacial score (nSPS) is 14.7. The van der Waals surface area contributed by atoms with Crippen molar-refractivity contribution < 1.29 is 8.42 Å². The van der Waals surface area contributed by atoms with Crippen molar-refractivity contribution in [1.29, 1.82) is 0 Å². The van der Waals surface area contributed by atoms with Crippen LogP contribution in [0.15, 0.2) is 64.5 Å². The van der Waals surface area contributed by atoms with Gasteiger partial charge in [0.05, 0.1) is 11.1 Å². The summed E-state index contributed by atoms with van der Waals surface area (Å²) in [7, 11) is -3.76. The number of sulfone groups is 1. The van der Waals surface area contributed by atoms with Crippen LogP contribution in [0.2, 0.25) is 0 Å². The van der Waals surface area contributed by atoms with Crippen molar-refractivity contribution >= 4 is 27.3 Å². The number of rotatable bonds is 4. The third-order valence-corrected chi connectivity index (χ3v) is 7.11. The van der Waals surface area contributed by atoms with Gasteiger partial charge in [-0.25, -0.2) is 13.4 Å². The molecule has 2 N–H and O–H groups in total. The minimum absolute atomic E-state index is 0.0262. The fourth-order valence-corrected chi connectivity index (χ4v) is 4.83. The van der Waals surface area contributed by atoms with Gasteiger partial charge in [-0.05, 0) is 43.7 Å². The molecule has 3 aromatic rings. The first-order valence-electron chi connectivity index (χ1n) is 9.85. The molecule has 0 aliphatic carbocycles. The molecular formula is C22H25N5O2S. The molecule has 4 rings (SSSR count). The van der Waals surface area contributed by atoms with Crippen LogP contribution in [0.25, 0.3) is 0 Å². The topological polar surface area (TPSA) is 92.4 Å². The fourth-order valence-electron chi connectivity index (χ4n) is 3.57. The number of nitrogen functional groups attached to an aromatic ring is 1. The molecule has 8 heteroatoms. The van der Waals surface area contributed by atoms with Crippen molar-refractivity contribution in [2.75, 3.05) is 41.7 Å². The summed E-state index contributed by atoms with van der Waals surface area (Å²) in [6.45, 7) is 7.12. The van der Waals surface area contributed by atoms with Crippen molar-refractivity contribution in [2.45, 2.75) is 23.6 Å². The maximum absolute atomic E-state index is 12.9. The predicted molar refractivity (Wildman–Crippen MR) is 119 cm³/mol. The summed E-state index contributed by atoms with van der Waals surface area (Å²) >= 11 is 0. The molecule has 0 atom stereocenters. The highest BCUT2D eigenvalue weighted by molar-refractivity contribution is 7.91. The highest BCUT2D eigenvalue weighted by Gasteiger charge is 2.25. The number of hydrogen-bond donors (Lipinski definition) is 1. The highest BCUT2D eigenvalue weighted by Crippen LogP contribution is 2.26. The molecule has 156 valence electrons. The van der Waals surface area contributed by atoms with Gasteiger partial charge in [0, 0.05) is 31.9 Å². The SMILES string of the molecule is Cc1ccc(S(=O)(=O)c2cnc(N3CCN(c4cccc(C)c4)CC3)nc2N)cc1. The van der Waals surface area contributed by atoms with Crippen molar-refractivity contribution in [1.82, 2.24) is 9.97 Å². The molecule has 1 aromatic heterocycles. The largest absolute Gasteiger partial charge is 0.382 e. The minimum Gasteiger partial charge on any atom is -0.382 e. The van der Waals surface area contributed by atoms with Crippen molar-refractivity contribution in [2.24, 2.45) is 0 Å². The second-order valence-corrected chi connectivity index (χ2v) is 9.47. The smallest absolute Gasteiger partial charge is 0.227 e. The Morgan fingerprint density at radius 3 is 2.20 bits per heavy atom. The maximum Gasteiger partial charge on any atom is 0.227 e. The Morgan fingerprint density at radius 2 is 1.57 bits per heavy atom. The lowest BCUT2D eigenvalue weighted by Crippen LogP contribution is -2.47. The summed E-state index contributed by atoms with van der Waals surface area (Å²) in [6, 6.07) is 15.1. The summed E-state index contributed by atoms with van der Waals surface area (Å²) < 4.78 is 25.8. The molecule has 0 unspecified atom stereocenters. The third-order valence-electron chi connectivity index (χ3n) is 5.32. The van der Waals surface area contributed by atoms with Crippen LogP contribution in [0, 0.1) is 13.8 Å². The molecule has 0 amide bonds. The molecule has 1 aliphatic rings. The lowest BCUT2D eigenvalue weighted by molar-refractivity contribution is 0.595. The summed E-state index contributed by atoms with van der Waals surface area (Å²) in [5, 5.41) is 0. The molecule has 1 aliphatic heterocycles. The molecule has 0 radical (unpaired) electrons. The second-order valence-electron chi connectivity index (χ2n) is 7.55. The van der Waals surface area contributed by atoms with Crippen LogP contribution in [-0.4, -0.2) is 44.6 Å². The number of nitrogens with zero attached hydrogens (tertiary/aromatic N) is 4. The van der Waals surface area contributed by atoms with Gasteiger partial charge in [0.1, 0.15) is 10.7 Å². The maximum atomic E-state index is 12.9. The number of anilines is 3. The van der Waals surface area contributed by atoms with Crippen LogP contribution >= 0.6 is 0 Å². The number of nitrogens with two attached hydrogens (primary N) is 1. The van der Waals surface area contributed by atoms with E-state index < -0.39 is 9.84 Å². The average Bonchev–Trinajstić information content (AvgIpc) is 2.74. The molecule has 0 saturated carbocycles. The van der Waals surface area contributed by atoms with E-state index in [1.165, 1.54) is 17.4 Å². The van der Waals surface area contributed by atoms with E-state index in [4.69, 9.17) is 5.73 Å². The van der Waals surface area contributed by atoms with Crippen molar-refractivity contribution in [3.8, 4) is 0 Å². The molecule has 30 heavy (non-hydrogen) atoms. The monoisotopic (exact) mass is 423 g/mol. The van der Waals surface area contributed by atoms with Crippen LogP contribution in [0.4, 0.5) is 17.5 Å². The zero-order chi connectivity index (χ0) is 21.3. The van der Waals surface area contributed by atoms with E-state index in [9.17, 15) is 8.42 Å². The van der Waals surface area contributed by atoms with Crippen molar-refractivity contribution in [3.05, 3.63) is 65.9 Å². The van der Waals surface area contributed by atoms with Gasteiger partial charge >= 0.3 is 0 Å². The quantitative estimate of drug-likeness (QED) is 0.690. The highest BCUT2D eigenvalue weighted by atomic mass is 32.2. The van der Waals surface area contributed by atoms with Gasteiger partial charge in [-0.2, -0.15) is 4.98 Å². The number of benzene rings is 2. The van der Waals surface area contributed by atoms with E-state index in [0.717, 1.165) is 31.7 Å². The van der Waals surface area contributed by atoms with Crippen molar-refractivity contribution in [3.63, 3.8) is 0 Å². The first kappa shape index (κ1) is 20.2. The first-order valence-corrected chi connectivity index (χ1v) is 11.3. The van der Waals surface area contributed by atoms with E-state index in [2.05, 4.69) is 46.1 Å². The fraction of sp³-hybridized carbons (Fsp3) is 0.273. The molecule has 1 fully saturated rings. The minimum atomic E-state index is -3.76. The zero-order valence-electron chi connectivity index (χ0n) is 17.1. The van der Waals surface area contributed by atoms with Gasteiger partial charge in [-0.15, -0.1) is 0 Å². The average molecular weight is 424 g/mol. The van der Waals surface area contributed by atoms with Gasteiger partial charge in [-0.1, -0.05) is 29.8 Å². The van der Waals surface area contributed by atoms with E-state index in [1.807, 2.05) is 11.8 Å². The molecule has 0 bridgehead atoms. The van der Waals surface area contributed by atoms with Gasteiger partial charge in [0.2, 0.25) is 15.8 Å². The Balaban J connectivity index is 1.51. The van der Waals surface area contributed by atoms with Crippen LogP contribution in [-0.2, 0) is 9.84 Å². The first-order chi connectivity index (χ1) is 14.3. The van der Waals surface area contributed by atoms with E-state index in [0.29, 0.717) is 5.95 Å². The summed E-state index contributed by atoms with van der Waals surface area (Å²) in [4.78, 5) is 13.1. The number of aryl methyl sites for hydroxylation is 2. The van der Waals surface area contributed by atoms with Crippen LogP contribution in [0.3, 0.4) is 0 Å². The molecule has 2 aromatic carbocycles. The Labute approximate surface area is 177 Å². The third kappa shape index (κ3) is 3.95.